The highest BCUT2D eigenvalue weighted by atomic mass is 19.3. The van der Waals surface area contributed by atoms with E-state index in [0.29, 0.717) is 28.7 Å². The van der Waals surface area contributed by atoms with E-state index in [9.17, 15) is 13.6 Å². The Hall–Kier alpha value is -3.08. The first-order valence-corrected chi connectivity index (χ1v) is 11.3. The third-order valence-corrected chi connectivity index (χ3v) is 7.15. The van der Waals surface area contributed by atoms with E-state index in [1.807, 2.05) is 17.8 Å². The van der Waals surface area contributed by atoms with Gasteiger partial charge in [-0.25, -0.2) is 13.8 Å². The number of rotatable bonds is 7. The normalized spacial score (nSPS) is 20.6. The summed E-state index contributed by atoms with van der Waals surface area (Å²) in [7, 11) is 0. The second-order valence-corrected chi connectivity index (χ2v) is 10.0. The largest absolute Gasteiger partial charge is 0.364 e. The lowest BCUT2D eigenvalue weighted by atomic mass is 9.62. The maximum absolute atomic E-state index is 12.9. The van der Waals surface area contributed by atoms with Crippen LogP contribution in [0.4, 0.5) is 26.2 Å². The highest BCUT2D eigenvalue weighted by Gasteiger charge is 2.49. The maximum atomic E-state index is 12.9. The zero-order valence-corrected chi connectivity index (χ0v) is 18.3. The summed E-state index contributed by atoms with van der Waals surface area (Å²) in [4.78, 5) is 22.0. The van der Waals surface area contributed by atoms with Crippen molar-refractivity contribution in [2.45, 2.75) is 57.2 Å². The topological polar surface area (TPSA) is 102 Å². The number of hydrogen-bond donors (Lipinski definition) is 3. The van der Waals surface area contributed by atoms with E-state index in [-0.39, 0.29) is 10.9 Å². The average molecular weight is 457 g/mol. The maximum Gasteiger partial charge on any atom is 0.263 e. The molecular formula is C22H26F2N8O. The van der Waals surface area contributed by atoms with Crippen LogP contribution in [0.15, 0.2) is 29.5 Å². The average Bonchev–Trinajstić information content (AvgIpc) is 3.23. The lowest BCUT2D eigenvalue weighted by Crippen LogP contribution is -2.60. The number of nitrogens with zero attached hydrogens (tertiary/aromatic N) is 5. The fourth-order valence-electron chi connectivity index (χ4n) is 4.84. The van der Waals surface area contributed by atoms with Crippen molar-refractivity contribution in [1.29, 1.82) is 0 Å². The van der Waals surface area contributed by atoms with Gasteiger partial charge in [-0.3, -0.25) is 9.48 Å². The van der Waals surface area contributed by atoms with Gasteiger partial charge in [-0.15, -0.1) is 0 Å². The monoisotopic (exact) mass is 456 g/mol. The first kappa shape index (κ1) is 20.5. The van der Waals surface area contributed by atoms with E-state index < -0.39 is 18.5 Å². The van der Waals surface area contributed by atoms with Crippen molar-refractivity contribution in [3.8, 4) is 0 Å². The molecule has 3 aromatic rings. The zero-order chi connectivity index (χ0) is 22.8. The molecular weight excluding hydrogens is 430 g/mol. The van der Waals surface area contributed by atoms with Crippen molar-refractivity contribution in [3.63, 3.8) is 0 Å². The molecule has 0 aromatic carbocycles. The van der Waals surface area contributed by atoms with Crippen LogP contribution in [0.5, 0.6) is 0 Å². The molecule has 3 N–H and O–H groups in total. The van der Waals surface area contributed by atoms with Crippen molar-refractivity contribution in [1.82, 2.24) is 29.6 Å². The summed E-state index contributed by atoms with van der Waals surface area (Å²) in [5.74, 6) is 0.690. The fraction of sp³-hybridized carbons (Fsp3) is 0.545. The minimum atomic E-state index is -2.62. The zero-order valence-electron chi connectivity index (χ0n) is 18.3. The molecule has 4 heterocycles. The molecule has 1 spiro atoms. The molecule has 174 valence electrons. The van der Waals surface area contributed by atoms with Crippen molar-refractivity contribution in [2.75, 3.05) is 23.7 Å². The van der Waals surface area contributed by atoms with Gasteiger partial charge in [0.05, 0.1) is 30.0 Å². The summed E-state index contributed by atoms with van der Waals surface area (Å²) in [6, 6.07) is 1.98. The van der Waals surface area contributed by atoms with E-state index in [1.165, 1.54) is 6.20 Å². The fourth-order valence-corrected chi connectivity index (χ4v) is 4.84. The van der Waals surface area contributed by atoms with Gasteiger partial charge < -0.3 is 20.5 Å². The second kappa shape index (κ2) is 7.21. The molecule has 6 rings (SSSR count). The Kier molecular flexibility index (Phi) is 4.48. The summed E-state index contributed by atoms with van der Waals surface area (Å²) in [5.41, 5.74) is 0.943. The molecule has 1 aliphatic heterocycles. The molecule has 0 radical (unpaired) electrons. The molecule has 1 saturated heterocycles. The van der Waals surface area contributed by atoms with Gasteiger partial charge in [-0.2, -0.15) is 10.1 Å². The van der Waals surface area contributed by atoms with Gasteiger partial charge in [0.1, 0.15) is 11.2 Å². The van der Waals surface area contributed by atoms with Crippen molar-refractivity contribution >= 4 is 28.4 Å². The smallest absolute Gasteiger partial charge is 0.263 e. The first-order valence-electron chi connectivity index (χ1n) is 11.3. The second-order valence-electron chi connectivity index (χ2n) is 10.0. The summed E-state index contributed by atoms with van der Waals surface area (Å²) in [6.45, 7) is 3.56. The molecule has 0 atom stereocenters. The van der Waals surface area contributed by atoms with Crippen LogP contribution in [-0.2, 0) is 6.54 Å². The van der Waals surface area contributed by atoms with Crippen molar-refractivity contribution in [2.24, 2.45) is 5.41 Å². The summed E-state index contributed by atoms with van der Waals surface area (Å²) in [5, 5.41) is 14.6. The van der Waals surface area contributed by atoms with E-state index in [1.54, 1.807) is 12.3 Å². The number of pyridine rings is 1. The van der Waals surface area contributed by atoms with Crippen LogP contribution in [0.25, 0.3) is 10.9 Å². The van der Waals surface area contributed by atoms with Gasteiger partial charge in [-0.1, -0.05) is 0 Å². The molecule has 11 heteroatoms. The number of fused-ring (bicyclic) bond motifs is 1. The molecule has 0 unspecified atom stereocenters. The number of halogens is 2. The Morgan fingerprint density at radius 3 is 2.73 bits per heavy atom. The van der Waals surface area contributed by atoms with Gasteiger partial charge in [0.2, 0.25) is 5.95 Å². The molecule has 33 heavy (non-hydrogen) atoms. The van der Waals surface area contributed by atoms with Crippen LogP contribution in [-0.4, -0.2) is 49.4 Å². The van der Waals surface area contributed by atoms with Crippen LogP contribution in [0.1, 0.15) is 38.6 Å². The molecule has 2 saturated carbocycles. The van der Waals surface area contributed by atoms with Gasteiger partial charge in [0.25, 0.3) is 12.0 Å². The highest BCUT2D eigenvalue weighted by Crippen LogP contribution is 2.50. The Bertz CT molecular complexity index is 1270. The Labute approximate surface area is 188 Å². The Morgan fingerprint density at radius 2 is 2.06 bits per heavy atom. The van der Waals surface area contributed by atoms with E-state index in [2.05, 4.69) is 31.0 Å². The third-order valence-electron chi connectivity index (χ3n) is 7.15. The molecule has 3 aromatic heterocycles. The van der Waals surface area contributed by atoms with Gasteiger partial charge >= 0.3 is 0 Å². The van der Waals surface area contributed by atoms with E-state index in [0.717, 1.165) is 49.0 Å². The Morgan fingerprint density at radius 1 is 1.27 bits per heavy atom. The standard InChI is InChI=1S/C22H26F2N8O/c1-21(3-4-21)30-18-17-15(2-5-31(19(17)33)10-16(23)24)28-20(29-18)27-13-8-26-32(9-13)14-6-22(7-14)11-25-12-22/h2,5,8-9,14,16,25H,3-4,6-7,10-12H2,1H3,(H2,27,28,29,30). The van der Waals surface area contributed by atoms with Crippen LogP contribution in [0.3, 0.4) is 0 Å². The first-order chi connectivity index (χ1) is 15.8. The summed E-state index contributed by atoms with van der Waals surface area (Å²) < 4.78 is 28.8. The lowest BCUT2D eigenvalue weighted by Gasteiger charge is -2.54. The number of alkyl halides is 2. The minimum Gasteiger partial charge on any atom is -0.364 e. The lowest BCUT2D eigenvalue weighted by molar-refractivity contribution is 0.00238. The van der Waals surface area contributed by atoms with Crippen LogP contribution in [0, 0.1) is 5.41 Å². The summed E-state index contributed by atoms with van der Waals surface area (Å²) in [6.07, 6.45) is 6.59. The SMILES string of the molecule is CC1(Nc2nc(Nc3cnn(C4CC5(CNC5)C4)c3)nc3ccn(CC(F)F)c(=O)c23)CC1. The molecule has 9 nitrogen and oxygen atoms in total. The third kappa shape index (κ3) is 3.73. The van der Waals surface area contributed by atoms with E-state index in [4.69, 9.17) is 0 Å². The summed E-state index contributed by atoms with van der Waals surface area (Å²) >= 11 is 0. The number of aromatic nitrogens is 5. The van der Waals surface area contributed by atoms with Crippen molar-refractivity contribution < 1.29 is 8.78 Å². The number of nitrogens with one attached hydrogen (secondary N) is 3. The molecule has 0 bridgehead atoms. The predicted octanol–water partition coefficient (Wildman–Crippen LogP) is 2.89. The molecule has 3 aliphatic rings. The van der Waals surface area contributed by atoms with Gasteiger partial charge in [0.15, 0.2) is 0 Å². The number of hydrogen-bond acceptors (Lipinski definition) is 7. The minimum absolute atomic E-state index is 0.157. The molecule has 0 amide bonds. The highest BCUT2D eigenvalue weighted by molar-refractivity contribution is 5.90. The Balaban J connectivity index is 1.30. The van der Waals surface area contributed by atoms with Crippen LogP contribution in [0.2, 0.25) is 0 Å². The van der Waals surface area contributed by atoms with E-state index >= 15 is 0 Å². The van der Waals surface area contributed by atoms with Crippen LogP contribution >= 0.6 is 0 Å². The quantitative estimate of drug-likeness (QED) is 0.503. The van der Waals surface area contributed by atoms with Gasteiger partial charge in [-0.05, 0) is 44.1 Å². The molecule has 3 fully saturated rings. The predicted molar refractivity (Wildman–Crippen MR) is 120 cm³/mol. The van der Waals surface area contributed by atoms with Gasteiger partial charge in [0, 0.05) is 31.0 Å². The van der Waals surface area contributed by atoms with Crippen molar-refractivity contribution in [3.05, 3.63) is 35.0 Å². The molecule has 2 aliphatic carbocycles. The van der Waals surface area contributed by atoms with Crippen LogP contribution < -0.4 is 21.5 Å². The number of anilines is 3.